The Labute approximate surface area is 182 Å². The molecule has 31 heavy (non-hydrogen) atoms. The van der Waals surface area contributed by atoms with Gasteiger partial charge in [0.15, 0.2) is 0 Å². The molecule has 0 atom stereocenters. The number of benzene rings is 2. The molecule has 0 bridgehead atoms. The third kappa shape index (κ3) is 4.54. The molecule has 4 aromatic rings. The number of nitrogens with zero attached hydrogens (tertiary/aromatic N) is 1. The van der Waals surface area contributed by atoms with Crippen molar-refractivity contribution in [1.82, 2.24) is 9.55 Å². The molecular formula is C21H19N3O5S2. The first-order chi connectivity index (χ1) is 15.0. The van der Waals surface area contributed by atoms with Gasteiger partial charge >= 0.3 is 11.7 Å². The fourth-order valence-corrected chi connectivity index (χ4v) is 5.23. The summed E-state index contributed by atoms with van der Waals surface area (Å²) < 4.78 is 34.5. The van der Waals surface area contributed by atoms with E-state index in [1.54, 1.807) is 28.1 Å². The molecule has 2 N–H and O–H groups in total. The van der Waals surface area contributed by atoms with Crippen LogP contribution < -0.4 is 10.4 Å². The van der Waals surface area contributed by atoms with Crippen LogP contribution in [0.15, 0.2) is 75.0 Å². The van der Waals surface area contributed by atoms with E-state index in [-0.39, 0.29) is 27.8 Å². The zero-order chi connectivity index (χ0) is 21.8. The van der Waals surface area contributed by atoms with Gasteiger partial charge in [0.2, 0.25) is 0 Å². The van der Waals surface area contributed by atoms with Crippen LogP contribution in [0.5, 0.6) is 0 Å². The standard InChI is InChI=1S/C21H19N3O5S2/c25-20(29-13-6-12-24-18-10-4-3-9-17(18)22-21(24)26)15-7-1-2-8-16(15)23-31(27,28)19-11-5-14-30-19/h1-5,7-11,14,23H,6,12-13H2,(H,22,26). The molecule has 2 heterocycles. The molecule has 4 rings (SSSR count). The SMILES string of the molecule is O=C(OCCCn1c(=O)[nH]c2ccccc21)c1ccccc1NS(=O)(=O)c1cccs1. The molecule has 2 aromatic carbocycles. The van der Waals surface area contributed by atoms with E-state index in [0.717, 1.165) is 22.4 Å². The second-order valence-electron chi connectivity index (χ2n) is 6.67. The number of carbonyl (C=O) groups is 1. The summed E-state index contributed by atoms with van der Waals surface area (Å²) in [5.74, 6) is -0.643. The van der Waals surface area contributed by atoms with Gasteiger partial charge in [-0.05, 0) is 42.1 Å². The van der Waals surface area contributed by atoms with Gasteiger partial charge in [0.05, 0.1) is 28.9 Å². The Morgan fingerprint density at radius 2 is 1.84 bits per heavy atom. The lowest BCUT2D eigenvalue weighted by molar-refractivity contribution is 0.0497. The van der Waals surface area contributed by atoms with Gasteiger partial charge in [0.25, 0.3) is 10.0 Å². The first-order valence-corrected chi connectivity index (χ1v) is 11.8. The summed E-state index contributed by atoms with van der Waals surface area (Å²) >= 11 is 1.08. The number of rotatable bonds is 8. The van der Waals surface area contributed by atoms with E-state index >= 15 is 0 Å². The number of fused-ring (bicyclic) bond motifs is 1. The van der Waals surface area contributed by atoms with Crippen molar-refractivity contribution < 1.29 is 17.9 Å². The molecule has 160 valence electrons. The number of H-pyrrole nitrogens is 1. The first kappa shape index (κ1) is 20.9. The van der Waals surface area contributed by atoms with Crippen LogP contribution in [0.25, 0.3) is 11.0 Å². The first-order valence-electron chi connectivity index (χ1n) is 9.46. The number of esters is 1. The normalized spacial score (nSPS) is 11.5. The number of aromatic nitrogens is 2. The number of ether oxygens (including phenoxy) is 1. The van der Waals surface area contributed by atoms with Gasteiger partial charge in [-0.25, -0.2) is 18.0 Å². The van der Waals surface area contributed by atoms with Crippen LogP contribution in [0.2, 0.25) is 0 Å². The molecule has 0 aliphatic heterocycles. The third-order valence-corrected chi connectivity index (χ3v) is 7.36. The van der Waals surface area contributed by atoms with Gasteiger partial charge in [-0.1, -0.05) is 30.3 Å². The van der Waals surface area contributed by atoms with Crippen molar-refractivity contribution in [2.75, 3.05) is 11.3 Å². The number of sulfonamides is 1. The fraction of sp³-hybridized carbons (Fsp3) is 0.143. The molecule has 0 unspecified atom stereocenters. The van der Waals surface area contributed by atoms with E-state index in [2.05, 4.69) is 9.71 Å². The number of hydrogen-bond donors (Lipinski definition) is 2. The Morgan fingerprint density at radius 1 is 1.06 bits per heavy atom. The molecule has 0 amide bonds. The molecule has 10 heteroatoms. The summed E-state index contributed by atoms with van der Waals surface area (Å²) in [5, 5.41) is 1.66. The molecule has 2 aromatic heterocycles. The second-order valence-corrected chi connectivity index (χ2v) is 9.53. The highest BCUT2D eigenvalue weighted by Gasteiger charge is 2.20. The van der Waals surface area contributed by atoms with Gasteiger partial charge in [0.1, 0.15) is 4.21 Å². The van der Waals surface area contributed by atoms with E-state index in [1.807, 2.05) is 24.3 Å². The number of hydrogen-bond acceptors (Lipinski definition) is 6. The predicted molar refractivity (Wildman–Crippen MR) is 119 cm³/mol. The lowest BCUT2D eigenvalue weighted by atomic mass is 10.2. The van der Waals surface area contributed by atoms with Crippen molar-refractivity contribution in [3.8, 4) is 0 Å². The quantitative estimate of drug-likeness (QED) is 0.311. The molecule has 0 aliphatic rings. The Balaban J connectivity index is 1.40. The minimum absolute atomic E-state index is 0.0801. The van der Waals surface area contributed by atoms with Crippen LogP contribution in [-0.2, 0) is 21.3 Å². The van der Waals surface area contributed by atoms with E-state index < -0.39 is 16.0 Å². The molecule has 0 saturated carbocycles. The maximum absolute atomic E-state index is 12.5. The number of nitrogens with one attached hydrogen (secondary N) is 2. The van der Waals surface area contributed by atoms with E-state index in [4.69, 9.17) is 4.74 Å². The molecule has 0 spiro atoms. The highest BCUT2D eigenvalue weighted by molar-refractivity contribution is 7.94. The van der Waals surface area contributed by atoms with Crippen LogP contribution in [0, 0.1) is 0 Å². The minimum atomic E-state index is -3.79. The average molecular weight is 458 g/mol. The largest absolute Gasteiger partial charge is 0.462 e. The van der Waals surface area contributed by atoms with Crippen molar-refractivity contribution in [3.05, 3.63) is 82.1 Å². The van der Waals surface area contributed by atoms with Gasteiger partial charge in [0, 0.05) is 6.54 Å². The summed E-state index contributed by atoms with van der Waals surface area (Å²) in [5.41, 5.74) is 1.57. The topological polar surface area (TPSA) is 110 Å². The van der Waals surface area contributed by atoms with Crippen molar-refractivity contribution in [1.29, 1.82) is 0 Å². The van der Waals surface area contributed by atoms with Crippen molar-refractivity contribution >= 4 is 44.1 Å². The summed E-state index contributed by atoms with van der Waals surface area (Å²) in [6.45, 7) is 0.458. The number of aromatic amines is 1. The zero-order valence-corrected chi connectivity index (χ0v) is 17.9. The highest BCUT2D eigenvalue weighted by atomic mass is 32.2. The Morgan fingerprint density at radius 3 is 2.65 bits per heavy atom. The Bertz CT molecular complexity index is 1370. The van der Waals surface area contributed by atoms with Crippen LogP contribution in [0.1, 0.15) is 16.8 Å². The number of para-hydroxylation sites is 3. The maximum Gasteiger partial charge on any atom is 0.340 e. The molecule has 0 fully saturated rings. The predicted octanol–water partition coefficient (Wildman–Crippen LogP) is 3.44. The smallest absolute Gasteiger partial charge is 0.340 e. The van der Waals surface area contributed by atoms with E-state index in [0.29, 0.717) is 13.0 Å². The third-order valence-electron chi connectivity index (χ3n) is 4.59. The molecule has 8 nitrogen and oxygen atoms in total. The number of imidazole rings is 1. The van der Waals surface area contributed by atoms with Crippen LogP contribution >= 0.6 is 11.3 Å². The highest BCUT2D eigenvalue weighted by Crippen LogP contribution is 2.23. The lowest BCUT2D eigenvalue weighted by Gasteiger charge is -2.11. The van der Waals surface area contributed by atoms with E-state index in [1.165, 1.54) is 18.2 Å². The monoisotopic (exact) mass is 457 g/mol. The zero-order valence-electron chi connectivity index (χ0n) is 16.3. The van der Waals surface area contributed by atoms with Gasteiger partial charge in [-0.15, -0.1) is 11.3 Å². The number of aryl methyl sites for hydroxylation is 1. The number of thiophene rings is 1. The maximum atomic E-state index is 12.5. The fourth-order valence-electron chi connectivity index (χ4n) is 3.16. The van der Waals surface area contributed by atoms with Crippen molar-refractivity contribution in [2.24, 2.45) is 0 Å². The van der Waals surface area contributed by atoms with Crippen LogP contribution in [0.3, 0.4) is 0 Å². The van der Waals surface area contributed by atoms with Gasteiger partial charge in [-0.2, -0.15) is 0 Å². The summed E-state index contributed by atoms with van der Waals surface area (Å²) in [7, 11) is -3.79. The van der Waals surface area contributed by atoms with Crippen molar-refractivity contribution in [3.63, 3.8) is 0 Å². The van der Waals surface area contributed by atoms with Crippen LogP contribution in [-0.4, -0.2) is 30.5 Å². The summed E-state index contributed by atoms with van der Waals surface area (Å²) in [6, 6.07) is 16.7. The Hall–Kier alpha value is -3.37. The minimum Gasteiger partial charge on any atom is -0.462 e. The number of carbonyl (C=O) groups excluding carboxylic acids is 1. The summed E-state index contributed by atoms with van der Waals surface area (Å²) in [4.78, 5) is 27.4. The lowest BCUT2D eigenvalue weighted by Crippen LogP contribution is -2.19. The van der Waals surface area contributed by atoms with Gasteiger partial charge < -0.3 is 9.72 Å². The molecule has 0 radical (unpaired) electrons. The summed E-state index contributed by atoms with van der Waals surface area (Å²) in [6.07, 6.45) is 0.427. The second kappa shape index (κ2) is 8.78. The van der Waals surface area contributed by atoms with Crippen LogP contribution in [0.4, 0.5) is 5.69 Å². The van der Waals surface area contributed by atoms with E-state index in [9.17, 15) is 18.0 Å². The van der Waals surface area contributed by atoms with Gasteiger partial charge in [-0.3, -0.25) is 9.29 Å². The van der Waals surface area contributed by atoms with Crippen molar-refractivity contribution in [2.45, 2.75) is 17.2 Å². The Kier molecular flexibility index (Phi) is 5.92. The number of anilines is 1. The molecule has 0 aliphatic carbocycles. The molecular weight excluding hydrogens is 438 g/mol. The average Bonchev–Trinajstić information content (AvgIpc) is 3.40. The molecule has 0 saturated heterocycles.